The number of hydrogen-bond acceptors (Lipinski definition) is 0. The lowest BCUT2D eigenvalue weighted by Gasteiger charge is -2.25. The summed E-state index contributed by atoms with van der Waals surface area (Å²) in [5.41, 5.74) is 5.51. The standard InChI is InChI=1S/C10H20.C10H14.C8H10.C2H6/c1-3-4-10-7-5-9(2)6-8-10;1-3-9-5-7-10(4-2)8-6-9;1-7-3-5-8(2)6-4-7;1-2/h9-10H,3-8H2,1-2H3;5-8H,3-4H2,1-2H3;3-6H,1-2H3;1-2H3. The van der Waals surface area contributed by atoms with Gasteiger partial charge in [0.2, 0.25) is 0 Å². The first-order valence-electron chi connectivity index (χ1n) is 12.6. The van der Waals surface area contributed by atoms with E-state index in [-0.39, 0.29) is 0 Å². The highest BCUT2D eigenvalue weighted by Gasteiger charge is 2.16. The Morgan fingerprint density at radius 1 is 0.633 bits per heavy atom. The van der Waals surface area contributed by atoms with Gasteiger partial charge in [-0.15, -0.1) is 0 Å². The number of hydrogen-bond donors (Lipinski definition) is 0. The highest BCUT2D eigenvalue weighted by molar-refractivity contribution is 5.22. The molecule has 1 aliphatic carbocycles. The Labute approximate surface area is 189 Å². The van der Waals surface area contributed by atoms with E-state index >= 15 is 0 Å². The van der Waals surface area contributed by atoms with Gasteiger partial charge in [0.25, 0.3) is 0 Å². The number of aryl methyl sites for hydroxylation is 4. The summed E-state index contributed by atoms with van der Waals surface area (Å²) < 4.78 is 0. The minimum Gasteiger partial charge on any atom is -0.0683 e. The molecule has 0 heterocycles. The van der Waals surface area contributed by atoms with Crippen LogP contribution in [0, 0.1) is 25.7 Å². The van der Waals surface area contributed by atoms with Crippen molar-refractivity contribution >= 4 is 0 Å². The van der Waals surface area contributed by atoms with E-state index in [1.165, 1.54) is 60.8 Å². The van der Waals surface area contributed by atoms with Gasteiger partial charge in [0.1, 0.15) is 0 Å². The SMILES string of the molecule is CC.CCCC1CCC(C)CC1.CCc1ccc(CC)cc1.Cc1ccc(C)cc1. The van der Waals surface area contributed by atoms with Crippen LogP contribution < -0.4 is 0 Å². The van der Waals surface area contributed by atoms with Crippen molar-refractivity contribution in [1.29, 1.82) is 0 Å². The van der Waals surface area contributed by atoms with Crippen molar-refractivity contribution in [1.82, 2.24) is 0 Å². The third-order valence-electron chi connectivity index (χ3n) is 5.89. The Morgan fingerprint density at radius 3 is 1.30 bits per heavy atom. The Kier molecular flexibility index (Phi) is 17.3. The van der Waals surface area contributed by atoms with Crippen LogP contribution >= 0.6 is 0 Å². The van der Waals surface area contributed by atoms with Crippen molar-refractivity contribution in [2.24, 2.45) is 11.8 Å². The van der Waals surface area contributed by atoms with Crippen LogP contribution in [0.15, 0.2) is 48.5 Å². The largest absolute Gasteiger partial charge is 0.0683 e. The molecule has 2 aromatic rings. The molecule has 30 heavy (non-hydrogen) atoms. The fourth-order valence-corrected chi connectivity index (χ4v) is 3.67. The molecule has 2 aromatic carbocycles. The molecule has 0 saturated heterocycles. The minimum atomic E-state index is 1.02. The average Bonchev–Trinajstić information content (AvgIpc) is 2.80. The Morgan fingerprint density at radius 2 is 1.00 bits per heavy atom. The van der Waals surface area contributed by atoms with E-state index in [2.05, 4.69) is 90.1 Å². The molecular weight excluding hydrogens is 360 g/mol. The van der Waals surface area contributed by atoms with Crippen molar-refractivity contribution in [3.63, 3.8) is 0 Å². The van der Waals surface area contributed by atoms with E-state index < -0.39 is 0 Å². The number of rotatable bonds is 4. The van der Waals surface area contributed by atoms with Crippen LogP contribution in [0.2, 0.25) is 0 Å². The predicted octanol–water partition coefficient (Wildman–Crippen LogP) is 9.75. The van der Waals surface area contributed by atoms with Gasteiger partial charge < -0.3 is 0 Å². The number of benzene rings is 2. The topological polar surface area (TPSA) is 0 Å². The molecule has 0 unspecified atom stereocenters. The van der Waals surface area contributed by atoms with E-state index in [4.69, 9.17) is 0 Å². The molecule has 0 spiro atoms. The zero-order chi connectivity index (χ0) is 22.8. The van der Waals surface area contributed by atoms with Gasteiger partial charge in [0.15, 0.2) is 0 Å². The second-order valence-corrected chi connectivity index (χ2v) is 8.59. The van der Waals surface area contributed by atoms with Gasteiger partial charge in [-0.25, -0.2) is 0 Å². The lowest BCUT2D eigenvalue weighted by molar-refractivity contribution is 0.276. The molecule has 0 bridgehead atoms. The fraction of sp³-hybridized carbons (Fsp3) is 0.600. The highest BCUT2D eigenvalue weighted by atomic mass is 14.2. The summed E-state index contributed by atoms with van der Waals surface area (Å²) in [7, 11) is 0. The van der Waals surface area contributed by atoms with E-state index in [1.54, 1.807) is 0 Å². The monoisotopic (exact) mass is 410 g/mol. The van der Waals surface area contributed by atoms with Gasteiger partial charge in [-0.3, -0.25) is 0 Å². The average molecular weight is 411 g/mol. The molecule has 0 nitrogen and oxygen atoms in total. The van der Waals surface area contributed by atoms with E-state index in [1.807, 2.05) is 13.8 Å². The van der Waals surface area contributed by atoms with Crippen LogP contribution in [0.25, 0.3) is 0 Å². The Bertz CT molecular complexity index is 553. The maximum Gasteiger partial charge on any atom is -0.0307 e. The maximum atomic E-state index is 2.39. The van der Waals surface area contributed by atoms with Crippen LogP contribution in [0.5, 0.6) is 0 Å². The van der Waals surface area contributed by atoms with Crippen molar-refractivity contribution in [3.05, 3.63) is 70.8 Å². The van der Waals surface area contributed by atoms with Gasteiger partial charge in [-0.05, 0) is 49.7 Å². The van der Waals surface area contributed by atoms with Gasteiger partial charge in [0.05, 0.1) is 0 Å². The molecule has 1 fully saturated rings. The molecule has 0 amide bonds. The molecule has 1 aliphatic rings. The van der Waals surface area contributed by atoms with E-state index in [0.717, 1.165) is 24.7 Å². The van der Waals surface area contributed by atoms with Gasteiger partial charge in [0, 0.05) is 0 Å². The molecule has 0 N–H and O–H groups in total. The molecule has 0 radical (unpaired) electrons. The second kappa shape index (κ2) is 18.2. The van der Waals surface area contributed by atoms with Crippen molar-refractivity contribution in [3.8, 4) is 0 Å². The third kappa shape index (κ3) is 13.6. The first kappa shape index (κ1) is 28.4. The van der Waals surface area contributed by atoms with Crippen LogP contribution in [0.4, 0.5) is 0 Å². The van der Waals surface area contributed by atoms with Crippen LogP contribution in [0.3, 0.4) is 0 Å². The molecule has 0 atom stereocenters. The molecule has 0 heteroatoms. The quantitative estimate of drug-likeness (QED) is 0.470. The normalized spacial score (nSPS) is 17.3. The van der Waals surface area contributed by atoms with Crippen molar-refractivity contribution in [2.75, 3.05) is 0 Å². The summed E-state index contributed by atoms with van der Waals surface area (Å²) in [5.74, 6) is 2.11. The van der Waals surface area contributed by atoms with Gasteiger partial charge in [-0.1, -0.05) is 140 Å². The van der Waals surface area contributed by atoms with Crippen molar-refractivity contribution < 1.29 is 0 Å². The zero-order valence-electron chi connectivity index (χ0n) is 21.4. The summed E-state index contributed by atoms with van der Waals surface area (Å²) >= 11 is 0. The Hall–Kier alpha value is -1.56. The Balaban J connectivity index is 0.000000406. The van der Waals surface area contributed by atoms with E-state index in [9.17, 15) is 0 Å². The van der Waals surface area contributed by atoms with Crippen molar-refractivity contribution in [2.45, 2.75) is 107 Å². The first-order chi connectivity index (χ1) is 14.5. The molecule has 1 saturated carbocycles. The predicted molar refractivity (Wildman–Crippen MR) is 138 cm³/mol. The smallest absolute Gasteiger partial charge is 0.0307 e. The zero-order valence-corrected chi connectivity index (χ0v) is 21.4. The molecule has 3 rings (SSSR count). The van der Waals surface area contributed by atoms with Crippen LogP contribution in [-0.2, 0) is 12.8 Å². The first-order valence-corrected chi connectivity index (χ1v) is 12.6. The lowest BCUT2D eigenvalue weighted by Crippen LogP contribution is -2.11. The molecule has 170 valence electrons. The molecule has 0 aromatic heterocycles. The summed E-state index contributed by atoms with van der Waals surface area (Å²) in [6.07, 6.45) is 11.2. The fourth-order valence-electron chi connectivity index (χ4n) is 3.67. The lowest BCUT2D eigenvalue weighted by atomic mass is 9.81. The molecular formula is C30H50. The maximum absolute atomic E-state index is 2.39. The highest BCUT2D eigenvalue weighted by Crippen LogP contribution is 2.30. The van der Waals surface area contributed by atoms with E-state index in [0.29, 0.717) is 0 Å². The molecule has 0 aliphatic heterocycles. The van der Waals surface area contributed by atoms with Crippen LogP contribution in [-0.4, -0.2) is 0 Å². The second-order valence-electron chi connectivity index (χ2n) is 8.59. The van der Waals surface area contributed by atoms with Gasteiger partial charge in [-0.2, -0.15) is 0 Å². The summed E-state index contributed by atoms with van der Waals surface area (Å²) in [6.45, 7) is 17.3. The summed E-state index contributed by atoms with van der Waals surface area (Å²) in [6, 6.07) is 17.3. The summed E-state index contributed by atoms with van der Waals surface area (Å²) in [5, 5.41) is 0. The van der Waals surface area contributed by atoms with Gasteiger partial charge >= 0.3 is 0 Å². The third-order valence-corrected chi connectivity index (χ3v) is 5.89. The summed E-state index contributed by atoms with van der Waals surface area (Å²) in [4.78, 5) is 0. The minimum absolute atomic E-state index is 1.02. The van der Waals surface area contributed by atoms with Crippen LogP contribution in [0.1, 0.15) is 102 Å².